The van der Waals surface area contributed by atoms with Gasteiger partial charge in [-0.3, -0.25) is 0 Å². The summed E-state index contributed by atoms with van der Waals surface area (Å²) in [4.78, 5) is 0. The molecule has 13 heavy (non-hydrogen) atoms. The molecule has 1 aliphatic heterocycles. The fourth-order valence-electron chi connectivity index (χ4n) is 1.95. The highest BCUT2D eigenvalue weighted by molar-refractivity contribution is 4.91. The first-order valence-electron chi connectivity index (χ1n) is 5.23. The van der Waals surface area contributed by atoms with Crippen molar-refractivity contribution in [2.45, 2.75) is 50.7 Å². The summed E-state index contributed by atoms with van der Waals surface area (Å²) in [6.45, 7) is 6.66. The monoisotopic (exact) mass is 183 g/mol. The molecule has 0 aromatic rings. The molecule has 0 aliphatic carbocycles. The predicted molar refractivity (Wildman–Crippen MR) is 55.7 cm³/mol. The van der Waals surface area contributed by atoms with Gasteiger partial charge < -0.3 is 10.4 Å². The van der Waals surface area contributed by atoms with Crippen LogP contribution in [-0.4, -0.2) is 23.3 Å². The van der Waals surface area contributed by atoms with Gasteiger partial charge in [0.1, 0.15) is 0 Å². The Labute approximate surface area is 81.0 Å². The molecule has 0 spiro atoms. The van der Waals surface area contributed by atoms with Gasteiger partial charge in [0.05, 0.1) is 5.60 Å². The van der Waals surface area contributed by atoms with Crippen LogP contribution in [0.25, 0.3) is 0 Å². The molecule has 1 aliphatic rings. The van der Waals surface area contributed by atoms with Gasteiger partial charge in [0.25, 0.3) is 0 Å². The molecule has 2 N–H and O–H groups in total. The molecule has 2 atom stereocenters. The Morgan fingerprint density at radius 2 is 2.38 bits per heavy atom. The summed E-state index contributed by atoms with van der Waals surface area (Å²) in [5, 5.41) is 13.5. The maximum absolute atomic E-state index is 10.2. The van der Waals surface area contributed by atoms with Crippen LogP contribution in [0.1, 0.15) is 39.0 Å². The average molecular weight is 183 g/mol. The fraction of sp³-hybridized carbons (Fsp3) is 0.818. The van der Waals surface area contributed by atoms with E-state index >= 15 is 0 Å². The van der Waals surface area contributed by atoms with E-state index in [4.69, 9.17) is 0 Å². The minimum atomic E-state index is -0.561. The smallest absolute Gasteiger partial charge is 0.0775 e. The number of aliphatic hydroxyl groups is 1. The molecular formula is C11H21NO. The average Bonchev–Trinajstić information content (AvgIpc) is 2.16. The highest BCUT2D eigenvalue weighted by Gasteiger charge is 2.31. The van der Waals surface area contributed by atoms with Crippen LogP contribution in [0.15, 0.2) is 12.7 Å². The third-order valence-corrected chi connectivity index (χ3v) is 2.92. The van der Waals surface area contributed by atoms with Gasteiger partial charge in [0, 0.05) is 6.04 Å². The Morgan fingerprint density at radius 3 is 2.92 bits per heavy atom. The lowest BCUT2D eigenvalue weighted by atomic mass is 9.86. The zero-order valence-electron chi connectivity index (χ0n) is 8.55. The van der Waals surface area contributed by atoms with Gasteiger partial charge in [-0.2, -0.15) is 0 Å². The maximum Gasteiger partial charge on any atom is 0.0775 e. The van der Waals surface area contributed by atoms with E-state index in [0.29, 0.717) is 0 Å². The molecule has 0 aromatic heterocycles. The first-order valence-corrected chi connectivity index (χ1v) is 5.23. The molecule has 76 valence electrons. The maximum atomic E-state index is 10.2. The van der Waals surface area contributed by atoms with Gasteiger partial charge in [-0.25, -0.2) is 0 Å². The Morgan fingerprint density at radius 1 is 1.62 bits per heavy atom. The Balaban J connectivity index is 2.40. The molecule has 0 radical (unpaired) electrons. The third-order valence-electron chi connectivity index (χ3n) is 2.92. The van der Waals surface area contributed by atoms with Crippen LogP contribution in [0.4, 0.5) is 0 Å². The minimum absolute atomic E-state index is 0.279. The molecule has 2 heteroatoms. The molecule has 0 aromatic carbocycles. The van der Waals surface area contributed by atoms with Crippen LogP contribution in [0.2, 0.25) is 0 Å². The molecule has 0 bridgehead atoms. The van der Waals surface area contributed by atoms with E-state index in [0.717, 1.165) is 25.8 Å². The molecule has 2 nitrogen and oxygen atoms in total. The third kappa shape index (κ3) is 3.12. The number of piperidine rings is 1. The zero-order chi connectivity index (χ0) is 9.73. The Hall–Kier alpha value is -0.340. The van der Waals surface area contributed by atoms with Gasteiger partial charge >= 0.3 is 0 Å². The van der Waals surface area contributed by atoms with Crippen LogP contribution in [-0.2, 0) is 0 Å². The number of allylic oxidation sites excluding steroid dienone is 1. The van der Waals surface area contributed by atoms with Crippen molar-refractivity contribution in [2.75, 3.05) is 6.54 Å². The number of rotatable bonds is 4. The lowest BCUT2D eigenvalue weighted by Crippen LogP contribution is -2.50. The topological polar surface area (TPSA) is 32.3 Å². The highest BCUT2D eigenvalue weighted by Crippen LogP contribution is 2.23. The van der Waals surface area contributed by atoms with Crippen molar-refractivity contribution in [1.82, 2.24) is 5.32 Å². The molecule has 0 amide bonds. The Bertz CT molecular complexity index is 159. The summed E-state index contributed by atoms with van der Waals surface area (Å²) in [5.74, 6) is 0. The van der Waals surface area contributed by atoms with Gasteiger partial charge in [-0.05, 0) is 39.2 Å². The number of hydrogen-bond acceptors (Lipinski definition) is 2. The van der Waals surface area contributed by atoms with Crippen LogP contribution < -0.4 is 5.32 Å². The quantitative estimate of drug-likeness (QED) is 0.652. The van der Waals surface area contributed by atoms with Crippen molar-refractivity contribution >= 4 is 0 Å². The predicted octanol–water partition coefficient (Wildman–Crippen LogP) is 1.85. The standard InChI is InChI=1S/C11H21NO/c1-3-4-8-11(2,13)10-7-5-6-9-12-10/h3,10,12-13H,1,4-9H2,2H3. The van der Waals surface area contributed by atoms with E-state index in [9.17, 15) is 5.11 Å². The second-order valence-electron chi connectivity index (χ2n) is 4.19. The lowest BCUT2D eigenvalue weighted by Gasteiger charge is -2.36. The molecule has 2 unspecified atom stereocenters. The normalized spacial score (nSPS) is 28.0. The van der Waals surface area contributed by atoms with E-state index in [-0.39, 0.29) is 6.04 Å². The zero-order valence-corrected chi connectivity index (χ0v) is 8.55. The minimum Gasteiger partial charge on any atom is -0.389 e. The summed E-state index contributed by atoms with van der Waals surface area (Å²) in [6.07, 6.45) is 7.16. The van der Waals surface area contributed by atoms with Crippen LogP contribution in [0, 0.1) is 0 Å². The highest BCUT2D eigenvalue weighted by atomic mass is 16.3. The van der Waals surface area contributed by atoms with Crippen molar-refractivity contribution < 1.29 is 5.11 Å². The molecular weight excluding hydrogens is 162 g/mol. The van der Waals surface area contributed by atoms with Crippen LogP contribution in [0.5, 0.6) is 0 Å². The van der Waals surface area contributed by atoms with Crippen molar-refractivity contribution in [3.63, 3.8) is 0 Å². The fourth-order valence-corrected chi connectivity index (χ4v) is 1.95. The molecule has 1 heterocycles. The molecule has 0 saturated carbocycles. The van der Waals surface area contributed by atoms with Crippen molar-refractivity contribution in [1.29, 1.82) is 0 Å². The van der Waals surface area contributed by atoms with E-state index in [1.807, 2.05) is 13.0 Å². The van der Waals surface area contributed by atoms with Gasteiger partial charge in [-0.15, -0.1) is 6.58 Å². The van der Waals surface area contributed by atoms with Crippen molar-refractivity contribution in [3.05, 3.63) is 12.7 Å². The Kier molecular flexibility index (Phi) is 3.94. The van der Waals surface area contributed by atoms with Gasteiger partial charge in [0.2, 0.25) is 0 Å². The second-order valence-corrected chi connectivity index (χ2v) is 4.19. The SMILES string of the molecule is C=CCCC(C)(O)C1CCCCN1. The summed E-state index contributed by atoms with van der Waals surface area (Å²) in [6, 6.07) is 0.279. The second kappa shape index (κ2) is 4.77. The number of nitrogens with one attached hydrogen (secondary N) is 1. The van der Waals surface area contributed by atoms with E-state index in [1.165, 1.54) is 12.8 Å². The van der Waals surface area contributed by atoms with Crippen LogP contribution in [0.3, 0.4) is 0 Å². The first kappa shape index (κ1) is 10.7. The molecule has 1 saturated heterocycles. The van der Waals surface area contributed by atoms with Gasteiger partial charge in [-0.1, -0.05) is 12.5 Å². The summed E-state index contributed by atoms with van der Waals surface area (Å²) < 4.78 is 0. The first-order chi connectivity index (χ1) is 6.17. The lowest BCUT2D eigenvalue weighted by molar-refractivity contribution is 0.00327. The molecule has 1 rings (SSSR count). The van der Waals surface area contributed by atoms with Crippen molar-refractivity contribution in [2.24, 2.45) is 0 Å². The largest absolute Gasteiger partial charge is 0.389 e. The van der Waals surface area contributed by atoms with E-state index < -0.39 is 5.60 Å². The molecule has 1 fully saturated rings. The number of hydrogen-bond donors (Lipinski definition) is 2. The van der Waals surface area contributed by atoms with E-state index in [2.05, 4.69) is 11.9 Å². The van der Waals surface area contributed by atoms with Gasteiger partial charge in [0.15, 0.2) is 0 Å². The van der Waals surface area contributed by atoms with Crippen LogP contribution >= 0.6 is 0 Å². The summed E-state index contributed by atoms with van der Waals surface area (Å²) in [5.41, 5.74) is -0.561. The van der Waals surface area contributed by atoms with Crippen molar-refractivity contribution in [3.8, 4) is 0 Å². The summed E-state index contributed by atoms with van der Waals surface area (Å²) >= 11 is 0. The van der Waals surface area contributed by atoms with E-state index in [1.54, 1.807) is 0 Å². The summed E-state index contributed by atoms with van der Waals surface area (Å²) in [7, 11) is 0.